The molecule has 2 saturated heterocycles. The largest absolute Gasteiger partial charge is 0.480 e. The second-order valence-corrected chi connectivity index (χ2v) is 5.23. The van der Waals surface area contributed by atoms with Crippen LogP contribution in [0.4, 0.5) is 4.79 Å². The molecule has 9 heteroatoms. The van der Waals surface area contributed by atoms with Crippen LogP contribution >= 0.6 is 0 Å². The fourth-order valence-corrected chi connectivity index (χ4v) is 2.37. The van der Waals surface area contributed by atoms with E-state index in [1.807, 2.05) is 7.05 Å². The number of likely N-dealkylation sites (N-methyl/N-ethyl adjacent to an activating group) is 1. The maximum absolute atomic E-state index is 12.1. The zero-order valence-corrected chi connectivity index (χ0v) is 11.9. The molecule has 3 N–H and O–H groups in total. The zero-order chi connectivity index (χ0) is 15.4. The lowest BCUT2D eigenvalue weighted by Crippen LogP contribution is -2.62. The molecule has 0 aliphatic carbocycles. The van der Waals surface area contributed by atoms with Crippen LogP contribution in [-0.4, -0.2) is 91.3 Å². The second kappa shape index (κ2) is 6.72. The Balaban J connectivity index is 1.88. The van der Waals surface area contributed by atoms with E-state index in [0.29, 0.717) is 13.2 Å². The highest BCUT2D eigenvalue weighted by atomic mass is 16.5. The summed E-state index contributed by atoms with van der Waals surface area (Å²) in [7, 11) is 1.97. The van der Waals surface area contributed by atoms with Crippen molar-refractivity contribution in [3.63, 3.8) is 0 Å². The van der Waals surface area contributed by atoms with E-state index < -0.39 is 18.0 Å². The van der Waals surface area contributed by atoms with Crippen LogP contribution in [0, 0.1) is 0 Å². The van der Waals surface area contributed by atoms with Crippen LogP contribution < -0.4 is 10.6 Å². The predicted octanol–water partition coefficient (Wildman–Crippen LogP) is -2.09. The number of hydrogen-bond acceptors (Lipinski definition) is 5. The number of ether oxygens (including phenoxy) is 1. The Kier molecular flexibility index (Phi) is 4.97. The van der Waals surface area contributed by atoms with Gasteiger partial charge in [0, 0.05) is 26.2 Å². The standard InChI is InChI=1S/C12H20N4O5/c1-15-2-3-21-8(6-15)4-14-12(20)16-7-10(17)13-5-9(16)11(18)19/h8-9H,2-7H2,1H3,(H,13,17)(H,14,20)(H,18,19). The number of carboxylic acid groups (broad SMARTS) is 1. The Morgan fingerprint density at radius 1 is 1.52 bits per heavy atom. The number of nitrogens with one attached hydrogen (secondary N) is 2. The van der Waals surface area contributed by atoms with Gasteiger partial charge in [-0.2, -0.15) is 0 Å². The number of rotatable bonds is 3. The summed E-state index contributed by atoms with van der Waals surface area (Å²) >= 11 is 0. The minimum atomic E-state index is -1.14. The van der Waals surface area contributed by atoms with Crippen molar-refractivity contribution in [3.05, 3.63) is 0 Å². The summed E-state index contributed by atoms with van der Waals surface area (Å²) in [5.74, 6) is -1.50. The summed E-state index contributed by atoms with van der Waals surface area (Å²) in [4.78, 5) is 37.7. The first-order chi connectivity index (χ1) is 9.97. The number of hydrogen-bond donors (Lipinski definition) is 3. The van der Waals surface area contributed by atoms with Crippen molar-refractivity contribution in [3.8, 4) is 0 Å². The van der Waals surface area contributed by atoms with Gasteiger partial charge in [0.25, 0.3) is 0 Å². The van der Waals surface area contributed by atoms with Gasteiger partial charge in [-0.3, -0.25) is 9.69 Å². The minimum absolute atomic E-state index is 0.0791. The van der Waals surface area contributed by atoms with E-state index in [9.17, 15) is 14.4 Å². The monoisotopic (exact) mass is 300 g/mol. The van der Waals surface area contributed by atoms with Crippen molar-refractivity contribution in [2.75, 3.05) is 46.4 Å². The Bertz CT molecular complexity index is 430. The van der Waals surface area contributed by atoms with Gasteiger partial charge >= 0.3 is 12.0 Å². The van der Waals surface area contributed by atoms with Crippen molar-refractivity contribution in [2.24, 2.45) is 0 Å². The minimum Gasteiger partial charge on any atom is -0.480 e. The van der Waals surface area contributed by atoms with E-state index in [0.717, 1.165) is 11.4 Å². The maximum Gasteiger partial charge on any atom is 0.328 e. The highest BCUT2D eigenvalue weighted by molar-refractivity contribution is 5.90. The van der Waals surface area contributed by atoms with Crippen molar-refractivity contribution in [1.82, 2.24) is 20.4 Å². The Morgan fingerprint density at radius 3 is 2.95 bits per heavy atom. The number of carbonyl (C=O) groups is 3. The fourth-order valence-electron chi connectivity index (χ4n) is 2.37. The lowest BCUT2D eigenvalue weighted by molar-refractivity contribution is -0.144. The molecule has 118 valence electrons. The number of morpholine rings is 1. The number of carbonyl (C=O) groups excluding carboxylic acids is 2. The normalized spacial score (nSPS) is 27.1. The van der Waals surface area contributed by atoms with E-state index >= 15 is 0 Å². The molecule has 0 aromatic carbocycles. The fraction of sp³-hybridized carbons (Fsp3) is 0.750. The Hall–Kier alpha value is -1.87. The van der Waals surface area contributed by atoms with Gasteiger partial charge in [0.2, 0.25) is 5.91 Å². The molecular weight excluding hydrogens is 280 g/mol. The number of urea groups is 1. The Morgan fingerprint density at radius 2 is 2.29 bits per heavy atom. The summed E-state index contributed by atoms with van der Waals surface area (Å²) in [5, 5.41) is 14.2. The van der Waals surface area contributed by atoms with Crippen molar-refractivity contribution < 1.29 is 24.2 Å². The van der Waals surface area contributed by atoms with Crippen molar-refractivity contribution >= 4 is 17.9 Å². The molecule has 0 spiro atoms. The lowest BCUT2D eigenvalue weighted by Gasteiger charge is -2.34. The predicted molar refractivity (Wildman–Crippen MR) is 71.8 cm³/mol. The van der Waals surface area contributed by atoms with E-state index in [1.165, 1.54) is 0 Å². The molecule has 2 unspecified atom stereocenters. The molecule has 21 heavy (non-hydrogen) atoms. The molecule has 2 heterocycles. The molecule has 0 aromatic heterocycles. The maximum atomic E-state index is 12.1. The van der Waals surface area contributed by atoms with Gasteiger partial charge in [-0.15, -0.1) is 0 Å². The molecule has 0 saturated carbocycles. The number of aliphatic carboxylic acids is 1. The average molecular weight is 300 g/mol. The molecule has 2 rings (SSSR count). The molecule has 2 aliphatic rings. The van der Waals surface area contributed by atoms with Crippen LogP contribution in [0.15, 0.2) is 0 Å². The van der Waals surface area contributed by atoms with Crippen LogP contribution in [0.3, 0.4) is 0 Å². The third-order valence-corrected chi connectivity index (χ3v) is 3.55. The summed E-state index contributed by atoms with van der Waals surface area (Å²) in [5.41, 5.74) is 0. The molecule has 2 fully saturated rings. The van der Waals surface area contributed by atoms with Gasteiger partial charge < -0.3 is 25.4 Å². The lowest BCUT2D eigenvalue weighted by atomic mass is 10.2. The molecule has 0 aromatic rings. The first-order valence-electron chi connectivity index (χ1n) is 6.81. The summed E-state index contributed by atoms with van der Waals surface area (Å²) in [6, 6.07) is -1.60. The molecule has 3 amide bonds. The van der Waals surface area contributed by atoms with Gasteiger partial charge in [-0.25, -0.2) is 9.59 Å². The number of nitrogens with zero attached hydrogens (tertiary/aromatic N) is 2. The first kappa shape index (κ1) is 15.5. The molecule has 0 bridgehead atoms. The van der Waals surface area contributed by atoms with Crippen molar-refractivity contribution in [2.45, 2.75) is 12.1 Å². The third-order valence-electron chi connectivity index (χ3n) is 3.55. The molecule has 9 nitrogen and oxygen atoms in total. The summed E-state index contributed by atoms with van der Waals surface area (Å²) < 4.78 is 5.51. The van der Waals surface area contributed by atoms with Crippen LogP contribution in [0.1, 0.15) is 0 Å². The van der Waals surface area contributed by atoms with Gasteiger partial charge in [-0.1, -0.05) is 0 Å². The SMILES string of the molecule is CN1CCOC(CNC(=O)N2CC(=O)NCC2C(=O)O)C1. The quantitative estimate of drug-likeness (QED) is 0.551. The first-order valence-corrected chi connectivity index (χ1v) is 6.81. The van der Waals surface area contributed by atoms with Crippen LogP contribution in [-0.2, 0) is 14.3 Å². The molecule has 2 aliphatic heterocycles. The average Bonchev–Trinajstić information content (AvgIpc) is 2.44. The van der Waals surface area contributed by atoms with E-state index in [1.54, 1.807) is 0 Å². The number of carboxylic acids is 1. The number of amides is 3. The highest BCUT2D eigenvalue weighted by Gasteiger charge is 2.35. The second-order valence-electron chi connectivity index (χ2n) is 5.23. The van der Waals surface area contributed by atoms with Gasteiger partial charge in [0.05, 0.1) is 12.7 Å². The Labute approximate surface area is 122 Å². The van der Waals surface area contributed by atoms with Gasteiger partial charge in [0.1, 0.15) is 12.6 Å². The van der Waals surface area contributed by atoms with Crippen LogP contribution in [0.2, 0.25) is 0 Å². The molecule has 2 atom stereocenters. The molecular formula is C12H20N4O5. The topological polar surface area (TPSA) is 111 Å². The summed E-state index contributed by atoms with van der Waals surface area (Å²) in [6.45, 7) is 2.09. The van der Waals surface area contributed by atoms with Crippen LogP contribution in [0.5, 0.6) is 0 Å². The zero-order valence-electron chi connectivity index (χ0n) is 11.9. The van der Waals surface area contributed by atoms with Crippen molar-refractivity contribution in [1.29, 1.82) is 0 Å². The van der Waals surface area contributed by atoms with Crippen LogP contribution in [0.25, 0.3) is 0 Å². The summed E-state index contributed by atoms with van der Waals surface area (Å²) in [6.07, 6.45) is -0.130. The highest BCUT2D eigenvalue weighted by Crippen LogP contribution is 2.06. The van der Waals surface area contributed by atoms with E-state index in [4.69, 9.17) is 9.84 Å². The van der Waals surface area contributed by atoms with E-state index in [-0.39, 0.29) is 31.6 Å². The molecule has 0 radical (unpaired) electrons. The number of piperazine rings is 1. The smallest absolute Gasteiger partial charge is 0.328 e. The third kappa shape index (κ3) is 4.05. The van der Waals surface area contributed by atoms with Gasteiger partial charge in [-0.05, 0) is 7.05 Å². The van der Waals surface area contributed by atoms with E-state index in [2.05, 4.69) is 15.5 Å². The van der Waals surface area contributed by atoms with Gasteiger partial charge in [0.15, 0.2) is 0 Å².